The Balaban J connectivity index is 2.17. The molecule has 0 spiro atoms. The molecule has 0 radical (unpaired) electrons. The summed E-state index contributed by atoms with van der Waals surface area (Å²) >= 11 is 1.90. The van der Waals surface area contributed by atoms with Crippen molar-refractivity contribution in [1.82, 2.24) is 10.2 Å². The Morgan fingerprint density at radius 3 is 2.72 bits per heavy atom. The molecule has 0 aromatic rings. The number of piperidine rings is 1. The van der Waals surface area contributed by atoms with E-state index in [-0.39, 0.29) is 6.09 Å². The maximum Gasteiger partial charge on any atom is 0.409 e. The van der Waals surface area contributed by atoms with Crippen LogP contribution < -0.4 is 5.32 Å². The largest absolute Gasteiger partial charge is 0.450 e. The van der Waals surface area contributed by atoms with Gasteiger partial charge in [0.05, 0.1) is 6.61 Å². The van der Waals surface area contributed by atoms with Gasteiger partial charge in [-0.1, -0.05) is 6.92 Å². The molecule has 5 heteroatoms. The minimum absolute atomic E-state index is 0.160. The van der Waals surface area contributed by atoms with E-state index in [9.17, 15) is 4.79 Å². The van der Waals surface area contributed by atoms with Gasteiger partial charge in [0, 0.05) is 19.1 Å². The van der Waals surface area contributed by atoms with Gasteiger partial charge < -0.3 is 15.0 Å². The van der Waals surface area contributed by atoms with Gasteiger partial charge in [0.15, 0.2) is 0 Å². The summed E-state index contributed by atoms with van der Waals surface area (Å²) in [6.45, 7) is 7.28. The summed E-state index contributed by atoms with van der Waals surface area (Å²) in [5.41, 5.74) is 0. The number of carbonyl (C=O) groups excluding carboxylic acids is 1. The van der Waals surface area contributed by atoms with Gasteiger partial charge in [-0.15, -0.1) is 0 Å². The van der Waals surface area contributed by atoms with Crippen molar-refractivity contribution in [3.8, 4) is 0 Å². The Morgan fingerprint density at radius 1 is 1.50 bits per heavy atom. The normalized spacial score (nSPS) is 18.7. The molecule has 18 heavy (non-hydrogen) atoms. The minimum Gasteiger partial charge on any atom is -0.450 e. The highest BCUT2D eigenvalue weighted by Crippen LogP contribution is 2.12. The molecule has 1 unspecified atom stereocenters. The summed E-state index contributed by atoms with van der Waals surface area (Å²) in [5.74, 6) is 1.91. The summed E-state index contributed by atoms with van der Waals surface area (Å²) < 4.78 is 5.01. The van der Waals surface area contributed by atoms with Gasteiger partial charge in [-0.2, -0.15) is 11.8 Å². The lowest BCUT2D eigenvalue weighted by molar-refractivity contribution is 0.0949. The monoisotopic (exact) mass is 274 g/mol. The van der Waals surface area contributed by atoms with Crippen molar-refractivity contribution in [2.24, 2.45) is 5.92 Å². The third kappa shape index (κ3) is 5.48. The van der Waals surface area contributed by atoms with Crippen molar-refractivity contribution >= 4 is 17.9 Å². The van der Waals surface area contributed by atoms with Crippen molar-refractivity contribution in [2.75, 3.05) is 38.2 Å². The predicted molar refractivity (Wildman–Crippen MR) is 77.2 cm³/mol. The second kappa shape index (κ2) is 8.64. The van der Waals surface area contributed by atoms with E-state index >= 15 is 0 Å². The van der Waals surface area contributed by atoms with Gasteiger partial charge >= 0.3 is 6.09 Å². The molecule has 106 valence electrons. The molecule has 0 bridgehead atoms. The summed E-state index contributed by atoms with van der Waals surface area (Å²) in [6.07, 6.45) is 4.05. The number of carbonyl (C=O) groups is 1. The Hall–Kier alpha value is -0.420. The van der Waals surface area contributed by atoms with Crippen LogP contribution in [0.1, 0.15) is 26.7 Å². The average Bonchev–Trinajstić information content (AvgIpc) is 2.37. The molecule has 1 fully saturated rings. The van der Waals surface area contributed by atoms with Crippen LogP contribution in [0.5, 0.6) is 0 Å². The fourth-order valence-corrected chi connectivity index (χ4v) is 2.88. The molecule has 1 N–H and O–H groups in total. The first kappa shape index (κ1) is 15.6. The highest BCUT2D eigenvalue weighted by Gasteiger charge is 2.23. The molecule has 0 aromatic carbocycles. The fourth-order valence-electron chi connectivity index (χ4n) is 2.19. The molecule has 4 nitrogen and oxygen atoms in total. The summed E-state index contributed by atoms with van der Waals surface area (Å²) in [5, 5.41) is 3.61. The van der Waals surface area contributed by atoms with Crippen molar-refractivity contribution in [3.05, 3.63) is 0 Å². The van der Waals surface area contributed by atoms with Crippen LogP contribution in [0.25, 0.3) is 0 Å². The molecule has 0 saturated carbocycles. The highest BCUT2D eigenvalue weighted by molar-refractivity contribution is 7.98. The second-order valence-electron chi connectivity index (χ2n) is 4.93. The van der Waals surface area contributed by atoms with Gasteiger partial charge in [-0.3, -0.25) is 0 Å². The van der Waals surface area contributed by atoms with Crippen molar-refractivity contribution in [2.45, 2.75) is 32.7 Å². The molecule has 1 amide bonds. The van der Waals surface area contributed by atoms with Crippen LogP contribution in [0.15, 0.2) is 0 Å². The number of hydrogen-bond donors (Lipinski definition) is 1. The number of ether oxygens (including phenoxy) is 1. The molecule has 1 aliphatic heterocycles. The molecular weight excluding hydrogens is 248 g/mol. The SMILES string of the molecule is CCOC(=O)N1CCC(NCC(C)CSC)CC1. The van der Waals surface area contributed by atoms with Gasteiger partial charge in [0.25, 0.3) is 0 Å². The van der Waals surface area contributed by atoms with Crippen molar-refractivity contribution < 1.29 is 9.53 Å². The van der Waals surface area contributed by atoms with Crippen molar-refractivity contribution in [3.63, 3.8) is 0 Å². The quantitative estimate of drug-likeness (QED) is 0.806. The average molecular weight is 274 g/mol. The van der Waals surface area contributed by atoms with Crippen molar-refractivity contribution in [1.29, 1.82) is 0 Å². The predicted octanol–water partition coefficient (Wildman–Crippen LogP) is 2.20. The number of rotatable bonds is 6. The van der Waals surface area contributed by atoms with Crippen LogP contribution in [0.3, 0.4) is 0 Å². The number of thioether (sulfide) groups is 1. The van der Waals surface area contributed by atoms with E-state index in [0.29, 0.717) is 18.6 Å². The zero-order chi connectivity index (χ0) is 13.4. The Bertz CT molecular complexity index is 243. The lowest BCUT2D eigenvalue weighted by Crippen LogP contribution is -2.46. The van der Waals surface area contributed by atoms with E-state index in [1.165, 1.54) is 5.75 Å². The van der Waals surface area contributed by atoms with Crippen LogP contribution in [0, 0.1) is 5.92 Å². The van der Waals surface area contributed by atoms with E-state index in [1.807, 2.05) is 23.6 Å². The second-order valence-corrected chi connectivity index (χ2v) is 5.84. The Kier molecular flexibility index (Phi) is 7.51. The molecule has 0 aliphatic carbocycles. The molecular formula is C13H26N2O2S. The molecule has 1 heterocycles. The third-order valence-corrected chi connectivity index (χ3v) is 4.13. The van der Waals surface area contributed by atoms with E-state index in [2.05, 4.69) is 18.5 Å². The molecule has 1 saturated heterocycles. The summed E-state index contributed by atoms with van der Waals surface area (Å²) in [4.78, 5) is 13.3. The number of nitrogens with zero attached hydrogens (tertiary/aromatic N) is 1. The first-order chi connectivity index (χ1) is 8.67. The molecule has 1 rings (SSSR count). The maximum atomic E-state index is 11.5. The maximum absolute atomic E-state index is 11.5. The molecule has 1 atom stereocenters. The van der Waals surface area contributed by atoms with Crippen LogP contribution in [-0.4, -0.2) is 55.3 Å². The van der Waals surface area contributed by atoms with Crippen LogP contribution >= 0.6 is 11.8 Å². The number of amides is 1. The van der Waals surface area contributed by atoms with E-state index < -0.39 is 0 Å². The first-order valence-corrected chi connectivity index (χ1v) is 8.20. The first-order valence-electron chi connectivity index (χ1n) is 6.81. The van der Waals surface area contributed by atoms with E-state index in [4.69, 9.17) is 4.74 Å². The smallest absolute Gasteiger partial charge is 0.409 e. The fraction of sp³-hybridized carbons (Fsp3) is 0.923. The summed E-state index contributed by atoms with van der Waals surface area (Å²) in [7, 11) is 0. The third-order valence-electron chi connectivity index (χ3n) is 3.23. The number of likely N-dealkylation sites (tertiary alicyclic amines) is 1. The Labute approximate surface area is 115 Å². The standard InChI is InChI=1S/C13H26N2O2S/c1-4-17-13(16)15-7-5-12(6-8-15)14-9-11(2)10-18-3/h11-12,14H,4-10H2,1-3H3. The van der Waals surface area contributed by atoms with Crippen LogP contribution in [0.4, 0.5) is 4.79 Å². The van der Waals surface area contributed by atoms with Gasteiger partial charge in [0.1, 0.15) is 0 Å². The van der Waals surface area contributed by atoms with E-state index in [1.54, 1.807) is 0 Å². The van der Waals surface area contributed by atoms with Crippen LogP contribution in [-0.2, 0) is 4.74 Å². The number of hydrogen-bond acceptors (Lipinski definition) is 4. The highest BCUT2D eigenvalue weighted by atomic mass is 32.2. The van der Waals surface area contributed by atoms with Gasteiger partial charge in [0.2, 0.25) is 0 Å². The minimum atomic E-state index is -0.160. The molecule has 0 aromatic heterocycles. The zero-order valence-corrected chi connectivity index (χ0v) is 12.6. The Morgan fingerprint density at radius 2 is 2.17 bits per heavy atom. The van der Waals surface area contributed by atoms with Gasteiger partial charge in [-0.05, 0) is 44.2 Å². The van der Waals surface area contributed by atoms with Crippen LogP contribution in [0.2, 0.25) is 0 Å². The molecule has 1 aliphatic rings. The van der Waals surface area contributed by atoms with Gasteiger partial charge in [-0.25, -0.2) is 4.79 Å². The topological polar surface area (TPSA) is 41.6 Å². The zero-order valence-electron chi connectivity index (χ0n) is 11.8. The lowest BCUT2D eigenvalue weighted by atomic mass is 10.0. The number of nitrogens with one attached hydrogen (secondary N) is 1. The van der Waals surface area contributed by atoms with E-state index in [0.717, 1.165) is 32.5 Å². The summed E-state index contributed by atoms with van der Waals surface area (Å²) in [6, 6.07) is 0.556. The lowest BCUT2D eigenvalue weighted by Gasteiger charge is -2.32.